The largest absolute Gasteiger partial charge is 0.468 e. The van der Waals surface area contributed by atoms with E-state index in [1.54, 1.807) is 18.2 Å². The summed E-state index contributed by atoms with van der Waals surface area (Å²) in [6, 6.07) is 4.68. The zero-order valence-electron chi connectivity index (χ0n) is 9.28. The fourth-order valence-corrected chi connectivity index (χ4v) is 2.59. The molecule has 1 rings (SSSR count). The van der Waals surface area contributed by atoms with E-state index >= 15 is 0 Å². The van der Waals surface area contributed by atoms with Crippen molar-refractivity contribution in [1.29, 1.82) is 0 Å². The summed E-state index contributed by atoms with van der Waals surface area (Å²) in [5.74, 6) is 0.731. The predicted octanol–water partition coefficient (Wildman–Crippen LogP) is 2.73. The molecule has 1 aromatic carbocycles. The number of hydrogen-bond donors (Lipinski definition) is 1. The van der Waals surface area contributed by atoms with Crippen LogP contribution in [0.1, 0.15) is 5.56 Å². The lowest BCUT2D eigenvalue weighted by Crippen LogP contribution is -2.33. The third kappa shape index (κ3) is 4.76. The van der Waals surface area contributed by atoms with Crippen molar-refractivity contribution in [2.24, 2.45) is 5.73 Å². The van der Waals surface area contributed by atoms with Crippen LogP contribution in [0.25, 0.3) is 0 Å². The van der Waals surface area contributed by atoms with Gasteiger partial charge < -0.3 is 10.5 Å². The van der Waals surface area contributed by atoms with E-state index in [0.717, 1.165) is 5.56 Å². The highest BCUT2D eigenvalue weighted by Gasteiger charge is 2.13. The minimum atomic E-state index is -0.608. The number of ether oxygens (including phenoxy) is 1. The molecule has 0 saturated carbocycles. The maximum absolute atomic E-state index is 11.1. The number of hydrogen-bond acceptors (Lipinski definition) is 4. The number of esters is 1. The van der Waals surface area contributed by atoms with Gasteiger partial charge in [0, 0.05) is 21.6 Å². The number of nitrogens with two attached hydrogens (primary N) is 1. The molecule has 0 aliphatic carbocycles. The van der Waals surface area contributed by atoms with Gasteiger partial charge >= 0.3 is 5.97 Å². The molecule has 3 nitrogen and oxygen atoms in total. The molecule has 1 aromatic rings. The van der Waals surface area contributed by atoms with Crippen LogP contribution in [-0.2, 0) is 15.3 Å². The van der Waals surface area contributed by atoms with Gasteiger partial charge in [-0.2, -0.15) is 11.8 Å². The monoisotopic (exact) mass is 293 g/mol. The molecule has 0 aliphatic rings. The number of benzene rings is 1. The third-order valence-electron chi connectivity index (χ3n) is 2.07. The van der Waals surface area contributed by atoms with Gasteiger partial charge in [0.05, 0.1) is 7.11 Å². The lowest BCUT2D eigenvalue weighted by atomic mass is 10.2. The molecule has 6 heteroatoms. The molecule has 1 unspecified atom stereocenters. The zero-order valence-corrected chi connectivity index (χ0v) is 11.6. The second-order valence-corrected chi connectivity index (χ2v) is 5.25. The molecule has 0 aromatic heterocycles. The second-order valence-electron chi connectivity index (χ2n) is 3.38. The molecule has 94 valence electrons. The molecule has 17 heavy (non-hydrogen) atoms. The Hall–Kier alpha value is -0.420. The fourth-order valence-electron chi connectivity index (χ4n) is 1.17. The van der Waals surface area contributed by atoms with E-state index in [1.165, 1.54) is 18.9 Å². The van der Waals surface area contributed by atoms with Crippen LogP contribution in [0.4, 0.5) is 0 Å². The quantitative estimate of drug-likeness (QED) is 0.848. The van der Waals surface area contributed by atoms with E-state index < -0.39 is 12.0 Å². The van der Waals surface area contributed by atoms with Gasteiger partial charge in [0.2, 0.25) is 0 Å². The maximum Gasteiger partial charge on any atom is 0.323 e. The van der Waals surface area contributed by atoms with Crippen molar-refractivity contribution < 1.29 is 9.53 Å². The smallest absolute Gasteiger partial charge is 0.323 e. The Bertz CT molecular complexity index is 401. The summed E-state index contributed by atoms with van der Waals surface area (Å²) < 4.78 is 4.53. The van der Waals surface area contributed by atoms with Crippen LogP contribution in [0, 0.1) is 0 Å². The van der Waals surface area contributed by atoms with E-state index in [9.17, 15) is 4.79 Å². The van der Waals surface area contributed by atoms with E-state index in [2.05, 4.69) is 4.74 Å². The number of carbonyl (C=O) groups is 1. The predicted molar refractivity (Wildman–Crippen MR) is 72.6 cm³/mol. The average Bonchev–Trinajstić information content (AvgIpc) is 2.32. The van der Waals surface area contributed by atoms with Crippen molar-refractivity contribution in [1.82, 2.24) is 0 Å². The molecular weight excluding hydrogens is 281 g/mol. The molecule has 1 atom stereocenters. The van der Waals surface area contributed by atoms with Gasteiger partial charge in [-0.1, -0.05) is 23.2 Å². The molecule has 0 spiro atoms. The van der Waals surface area contributed by atoms with Crippen molar-refractivity contribution in [3.8, 4) is 0 Å². The van der Waals surface area contributed by atoms with Crippen molar-refractivity contribution in [3.63, 3.8) is 0 Å². The van der Waals surface area contributed by atoms with Gasteiger partial charge in [-0.05, 0) is 23.8 Å². The van der Waals surface area contributed by atoms with Gasteiger partial charge in [0.25, 0.3) is 0 Å². The van der Waals surface area contributed by atoms with Gasteiger partial charge in [0.15, 0.2) is 0 Å². The maximum atomic E-state index is 11.1. The lowest BCUT2D eigenvalue weighted by molar-refractivity contribution is -0.141. The minimum absolute atomic E-state index is 0.408. The van der Waals surface area contributed by atoms with Crippen molar-refractivity contribution in [3.05, 3.63) is 33.8 Å². The number of thioether (sulfide) groups is 1. The van der Waals surface area contributed by atoms with Crippen molar-refractivity contribution >= 4 is 40.9 Å². The first-order valence-corrected chi connectivity index (χ1v) is 6.80. The molecular formula is C11H13Cl2NO2S. The summed E-state index contributed by atoms with van der Waals surface area (Å²) in [4.78, 5) is 11.1. The highest BCUT2D eigenvalue weighted by Crippen LogP contribution is 2.24. The first-order valence-electron chi connectivity index (χ1n) is 4.89. The van der Waals surface area contributed by atoms with Crippen LogP contribution < -0.4 is 5.73 Å². The molecule has 0 aliphatic heterocycles. The van der Waals surface area contributed by atoms with Crippen LogP contribution in [0.2, 0.25) is 10.0 Å². The first-order chi connectivity index (χ1) is 8.04. The van der Waals surface area contributed by atoms with Crippen molar-refractivity contribution in [2.45, 2.75) is 11.8 Å². The van der Waals surface area contributed by atoms with Crippen LogP contribution >= 0.6 is 35.0 Å². The number of halogens is 2. The third-order valence-corrected chi connectivity index (χ3v) is 3.78. The summed E-state index contributed by atoms with van der Waals surface area (Å²) in [7, 11) is 1.32. The summed E-state index contributed by atoms with van der Waals surface area (Å²) in [5, 5.41) is 1.30. The summed E-state index contributed by atoms with van der Waals surface area (Å²) in [6.45, 7) is 0. The summed E-state index contributed by atoms with van der Waals surface area (Å²) in [6.07, 6.45) is 0. The molecule has 0 heterocycles. The Labute approximate surface area is 115 Å². The lowest BCUT2D eigenvalue weighted by Gasteiger charge is -2.09. The highest BCUT2D eigenvalue weighted by molar-refractivity contribution is 7.98. The molecule has 2 N–H and O–H groups in total. The second kappa shape index (κ2) is 7.11. The SMILES string of the molecule is COC(=O)C(N)CSCc1cc(Cl)ccc1Cl. The summed E-state index contributed by atoms with van der Waals surface area (Å²) >= 11 is 13.4. The molecule has 0 bridgehead atoms. The van der Waals surface area contributed by atoms with Crippen LogP contribution in [-0.4, -0.2) is 24.9 Å². The van der Waals surface area contributed by atoms with Crippen molar-refractivity contribution in [2.75, 3.05) is 12.9 Å². The minimum Gasteiger partial charge on any atom is -0.468 e. The Kier molecular flexibility index (Phi) is 6.12. The standard InChI is InChI=1S/C11H13Cl2NO2S/c1-16-11(15)10(14)6-17-5-7-4-8(12)2-3-9(7)13/h2-4,10H,5-6,14H2,1H3. The summed E-state index contributed by atoms with van der Waals surface area (Å²) in [5.41, 5.74) is 6.54. The Morgan fingerprint density at radius 3 is 2.88 bits per heavy atom. The van der Waals surface area contributed by atoms with Gasteiger partial charge in [-0.25, -0.2) is 0 Å². The average molecular weight is 294 g/mol. The van der Waals surface area contributed by atoms with Gasteiger partial charge in [0.1, 0.15) is 6.04 Å². The van der Waals surface area contributed by atoms with E-state index in [1.807, 2.05) is 0 Å². The van der Waals surface area contributed by atoms with Crippen LogP contribution in [0.5, 0.6) is 0 Å². The molecule has 0 amide bonds. The number of carbonyl (C=O) groups excluding carboxylic acids is 1. The Balaban J connectivity index is 2.45. The van der Waals surface area contributed by atoms with Crippen LogP contribution in [0.15, 0.2) is 18.2 Å². The fraction of sp³-hybridized carbons (Fsp3) is 0.364. The molecule has 0 saturated heterocycles. The Morgan fingerprint density at radius 1 is 1.53 bits per heavy atom. The van der Waals surface area contributed by atoms with Gasteiger partial charge in [-0.15, -0.1) is 0 Å². The van der Waals surface area contributed by atoms with Gasteiger partial charge in [-0.3, -0.25) is 4.79 Å². The normalized spacial score (nSPS) is 12.2. The zero-order chi connectivity index (χ0) is 12.8. The van der Waals surface area contributed by atoms with E-state index in [0.29, 0.717) is 21.6 Å². The number of rotatable bonds is 5. The van der Waals surface area contributed by atoms with E-state index in [4.69, 9.17) is 28.9 Å². The molecule has 0 fully saturated rings. The molecule has 0 radical (unpaired) electrons. The van der Waals surface area contributed by atoms with E-state index in [-0.39, 0.29) is 0 Å². The Morgan fingerprint density at radius 2 is 2.24 bits per heavy atom. The topological polar surface area (TPSA) is 52.3 Å². The highest BCUT2D eigenvalue weighted by atomic mass is 35.5. The number of methoxy groups -OCH3 is 1. The first kappa shape index (κ1) is 14.6. The van der Waals surface area contributed by atoms with Crippen LogP contribution in [0.3, 0.4) is 0 Å².